The molecule has 0 radical (unpaired) electrons. The quantitative estimate of drug-likeness (QED) is 0.798. The van der Waals surface area contributed by atoms with Crippen LogP contribution < -0.4 is 0 Å². The molecule has 0 fully saturated rings. The first kappa shape index (κ1) is 15.2. The van der Waals surface area contributed by atoms with Crippen LogP contribution in [-0.2, 0) is 19.1 Å². The second-order valence-electron chi connectivity index (χ2n) is 5.64. The molecule has 5 heteroatoms. The van der Waals surface area contributed by atoms with E-state index in [4.69, 9.17) is 4.74 Å². The van der Waals surface area contributed by atoms with Crippen molar-refractivity contribution in [3.63, 3.8) is 0 Å². The number of carbonyl (C=O) groups excluding carboxylic acids is 2. The summed E-state index contributed by atoms with van der Waals surface area (Å²) < 4.78 is 9.91. The van der Waals surface area contributed by atoms with Crippen LogP contribution in [0.2, 0.25) is 0 Å². The standard InChI is InChI=1S/C16H19NO4/c1-16(2,9-13(18)20-3)14-15(19)21-10-12(17-14)11-7-5-4-6-8-11/h4-8,12H,9-10H2,1-3H3/t12-/m1/s1. The van der Waals surface area contributed by atoms with Crippen LogP contribution in [0.15, 0.2) is 35.3 Å². The number of aliphatic imine (C=N–C) groups is 1. The first-order valence-corrected chi connectivity index (χ1v) is 6.81. The van der Waals surface area contributed by atoms with E-state index >= 15 is 0 Å². The zero-order valence-electron chi connectivity index (χ0n) is 12.5. The van der Waals surface area contributed by atoms with Gasteiger partial charge in [-0.25, -0.2) is 4.79 Å². The highest BCUT2D eigenvalue weighted by Crippen LogP contribution is 2.30. The SMILES string of the molecule is COC(=O)CC(C)(C)C1=N[C@@H](c2ccccc2)COC1=O. The summed E-state index contributed by atoms with van der Waals surface area (Å²) in [6.07, 6.45) is 0.0823. The fourth-order valence-corrected chi connectivity index (χ4v) is 2.28. The third kappa shape index (κ3) is 3.48. The summed E-state index contributed by atoms with van der Waals surface area (Å²) in [4.78, 5) is 28.0. The van der Waals surface area contributed by atoms with Gasteiger partial charge in [0, 0.05) is 5.41 Å². The number of hydrogen-bond donors (Lipinski definition) is 0. The lowest BCUT2D eigenvalue weighted by Gasteiger charge is -2.29. The third-order valence-electron chi connectivity index (χ3n) is 3.49. The average molecular weight is 289 g/mol. The molecule has 1 aromatic carbocycles. The molecule has 2 rings (SSSR count). The first-order valence-electron chi connectivity index (χ1n) is 6.81. The number of carbonyl (C=O) groups is 2. The highest BCUT2D eigenvalue weighted by atomic mass is 16.5. The smallest absolute Gasteiger partial charge is 0.352 e. The van der Waals surface area contributed by atoms with Gasteiger partial charge in [0.25, 0.3) is 0 Å². The number of benzene rings is 1. The predicted octanol–water partition coefficient (Wildman–Crippen LogP) is 2.31. The van der Waals surface area contributed by atoms with Gasteiger partial charge in [-0.1, -0.05) is 44.2 Å². The minimum Gasteiger partial charge on any atom is -0.469 e. The Balaban J connectivity index is 2.29. The van der Waals surface area contributed by atoms with E-state index in [1.807, 2.05) is 30.3 Å². The highest BCUT2D eigenvalue weighted by Gasteiger charge is 2.37. The van der Waals surface area contributed by atoms with Crippen LogP contribution in [0, 0.1) is 5.41 Å². The first-order chi connectivity index (χ1) is 9.94. The van der Waals surface area contributed by atoms with Gasteiger partial charge < -0.3 is 9.47 Å². The molecule has 0 unspecified atom stereocenters. The molecule has 0 bridgehead atoms. The van der Waals surface area contributed by atoms with Crippen LogP contribution in [0.1, 0.15) is 31.9 Å². The van der Waals surface area contributed by atoms with Gasteiger partial charge in [0.15, 0.2) is 0 Å². The maximum Gasteiger partial charge on any atom is 0.352 e. The topological polar surface area (TPSA) is 65.0 Å². The molecule has 1 aromatic rings. The minimum atomic E-state index is -0.725. The maximum absolute atomic E-state index is 12.0. The molecule has 112 valence electrons. The van der Waals surface area contributed by atoms with Crippen molar-refractivity contribution in [2.45, 2.75) is 26.3 Å². The molecule has 0 spiro atoms. The molecule has 0 saturated carbocycles. The Bertz CT molecular complexity index is 563. The van der Waals surface area contributed by atoms with Crippen molar-refractivity contribution in [1.29, 1.82) is 0 Å². The summed E-state index contributed by atoms with van der Waals surface area (Å²) in [5, 5.41) is 0. The van der Waals surface area contributed by atoms with Crippen LogP contribution in [0.5, 0.6) is 0 Å². The Labute approximate surface area is 124 Å². The van der Waals surface area contributed by atoms with Gasteiger partial charge in [0.2, 0.25) is 0 Å². The van der Waals surface area contributed by atoms with Crippen molar-refractivity contribution >= 4 is 17.7 Å². The molecule has 1 atom stereocenters. The van der Waals surface area contributed by atoms with E-state index in [9.17, 15) is 9.59 Å². The van der Waals surface area contributed by atoms with Crippen molar-refractivity contribution in [3.8, 4) is 0 Å². The molecule has 1 heterocycles. The van der Waals surface area contributed by atoms with Crippen molar-refractivity contribution < 1.29 is 19.1 Å². The molecule has 1 aliphatic rings. The Hall–Kier alpha value is -2.17. The number of rotatable bonds is 4. The monoisotopic (exact) mass is 289 g/mol. The molecule has 5 nitrogen and oxygen atoms in total. The summed E-state index contributed by atoms with van der Waals surface area (Å²) in [7, 11) is 1.33. The Kier molecular flexibility index (Phi) is 4.40. The molecule has 0 saturated heterocycles. The van der Waals surface area contributed by atoms with Crippen LogP contribution in [0.4, 0.5) is 0 Å². The largest absolute Gasteiger partial charge is 0.469 e. The second-order valence-corrected chi connectivity index (χ2v) is 5.64. The van der Waals surface area contributed by atoms with E-state index in [1.165, 1.54) is 7.11 Å². The van der Waals surface area contributed by atoms with Crippen LogP contribution in [0.25, 0.3) is 0 Å². The number of nitrogens with zero attached hydrogens (tertiary/aromatic N) is 1. The van der Waals surface area contributed by atoms with Gasteiger partial charge in [-0.3, -0.25) is 9.79 Å². The molecule has 0 amide bonds. The molecule has 0 aliphatic carbocycles. The van der Waals surface area contributed by atoms with Crippen molar-refractivity contribution in [3.05, 3.63) is 35.9 Å². The minimum absolute atomic E-state index is 0.0823. The number of hydrogen-bond acceptors (Lipinski definition) is 5. The lowest BCUT2D eigenvalue weighted by molar-refractivity contribution is -0.142. The van der Waals surface area contributed by atoms with Crippen LogP contribution in [-0.4, -0.2) is 31.4 Å². The van der Waals surface area contributed by atoms with Gasteiger partial charge >= 0.3 is 11.9 Å². The highest BCUT2D eigenvalue weighted by molar-refractivity contribution is 6.39. The third-order valence-corrected chi connectivity index (χ3v) is 3.49. The van der Waals surface area contributed by atoms with Crippen molar-refractivity contribution in [2.75, 3.05) is 13.7 Å². The van der Waals surface area contributed by atoms with E-state index in [2.05, 4.69) is 9.73 Å². The van der Waals surface area contributed by atoms with Crippen molar-refractivity contribution in [2.24, 2.45) is 10.4 Å². The van der Waals surface area contributed by atoms with Gasteiger partial charge in [0.05, 0.1) is 13.5 Å². The normalized spacial score (nSPS) is 18.7. The Morgan fingerprint density at radius 2 is 2.05 bits per heavy atom. The summed E-state index contributed by atoms with van der Waals surface area (Å²) in [6, 6.07) is 9.41. The van der Waals surface area contributed by atoms with Crippen LogP contribution >= 0.6 is 0 Å². The van der Waals surface area contributed by atoms with Gasteiger partial charge in [-0.2, -0.15) is 0 Å². The molecule has 21 heavy (non-hydrogen) atoms. The fraction of sp³-hybridized carbons (Fsp3) is 0.438. The molecular weight excluding hydrogens is 270 g/mol. The zero-order valence-corrected chi connectivity index (χ0v) is 12.5. The second kappa shape index (κ2) is 6.08. The van der Waals surface area contributed by atoms with E-state index in [-0.39, 0.29) is 30.8 Å². The number of methoxy groups -OCH3 is 1. The molecule has 0 aromatic heterocycles. The van der Waals surface area contributed by atoms with Gasteiger partial charge in [-0.05, 0) is 5.56 Å². The van der Waals surface area contributed by atoms with E-state index < -0.39 is 11.4 Å². The van der Waals surface area contributed by atoms with E-state index in [1.54, 1.807) is 13.8 Å². The molecule has 1 aliphatic heterocycles. The number of esters is 2. The summed E-state index contributed by atoms with van der Waals surface area (Å²) >= 11 is 0. The Morgan fingerprint density at radius 1 is 1.38 bits per heavy atom. The van der Waals surface area contributed by atoms with Crippen molar-refractivity contribution in [1.82, 2.24) is 0 Å². The van der Waals surface area contributed by atoms with E-state index in [0.29, 0.717) is 0 Å². The maximum atomic E-state index is 12.0. The van der Waals surface area contributed by atoms with Crippen LogP contribution in [0.3, 0.4) is 0 Å². The number of ether oxygens (including phenoxy) is 2. The fourth-order valence-electron chi connectivity index (χ4n) is 2.28. The van der Waals surface area contributed by atoms with Gasteiger partial charge in [0.1, 0.15) is 18.4 Å². The lowest BCUT2D eigenvalue weighted by Crippen LogP contribution is -2.39. The van der Waals surface area contributed by atoms with Gasteiger partial charge in [-0.15, -0.1) is 0 Å². The summed E-state index contributed by atoms with van der Waals surface area (Å²) in [5.74, 6) is -0.839. The summed E-state index contributed by atoms with van der Waals surface area (Å²) in [6.45, 7) is 3.80. The Morgan fingerprint density at radius 3 is 2.67 bits per heavy atom. The average Bonchev–Trinajstić information content (AvgIpc) is 2.48. The zero-order chi connectivity index (χ0) is 15.5. The lowest BCUT2D eigenvalue weighted by atomic mass is 9.83. The molecule has 0 N–H and O–H groups in total. The predicted molar refractivity (Wildman–Crippen MR) is 78.0 cm³/mol. The molecular formula is C16H19NO4. The summed E-state index contributed by atoms with van der Waals surface area (Å²) in [5.41, 5.74) is 0.543. The number of cyclic esters (lactones) is 1. The van der Waals surface area contributed by atoms with E-state index in [0.717, 1.165) is 5.56 Å².